The number of hydrogen-bond donors (Lipinski definition) is 0. The van der Waals surface area contributed by atoms with Crippen molar-refractivity contribution in [2.45, 2.75) is 33.6 Å². The molecule has 1 aliphatic heterocycles. The quantitative estimate of drug-likeness (QED) is 0.389. The molecule has 150 valence electrons. The van der Waals surface area contributed by atoms with Crippen molar-refractivity contribution < 1.29 is 19.1 Å². The van der Waals surface area contributed by atoms with Gasteiger partial charge in [0.1, 0.15) is 5.03 Å². The van der Waals surface area contributed by atoms with E-state index in [2.05, 4.69) is 0 Å². The first-order valence-corrected chi connectivity index (χ1v) is 9.86. The molecule has 2 amide bonds. The van der Waals surface area contributed by atoms with E-state index in [1.165, 1.54) is 6.07 Å². The maximum absolute atomic E-state index is 13.1. The highest BCUT2D eigenvalue weighted by molar-refractivity contribution is 6.60. The number of hydrogen-bond acceptors (Lipinski definition) is 4. The molecule has 0 spiro atoms. The standard InChI is InChI=1S/C23H22ClNO4/c1-4-5-11-29-23(28)17-7-6-8-18(13-17)25-21(26)19(20(24)22(25)27)16-10-9-14(2)15(3)12-16/h6-10,12-13H,4-5,11H2,1-3H3. The Hall–Kier alpha value is -2.92. The van der Waals surface area contributed by atoms with E-state index in [1.54, 1.807) is 24.3 Å². The molecule has 2 aromatic rings. The van der Waals surface area contributed by atoms with Gasteiger partial charge in [0.15, 0.2) is 0 Å². The van der Waals surface area contributed by atoms with E-state index >= 15 is 0 Å². The smallest absolute Gasteiger partial charge is 0.338 e. The lowest BCUT2D eigenvalue weighted by Crippen LogP contribution is -2.31. The first-order chi connectivity index (χ1) is 13.8. The van der Waals surface area contributed by atoms with Crippen LogP contribution in [0.2, 0.25) is 0 Å². The highest BCUT2D eigenvalue weighted by atomic mass is 35.5. The van der Waals surface area contributed by atoms with Crippen LogP contribution in [0.25, 0.3) is 5.57 Å². The van der Waals surface area contributed by atoms with E-state index in [9.17, 15) is 14.4 Å². The number of rotatable bonds is 6. The zero-order valence-electron chi connectivity index (χ0n) is 16.6. The van der Waals surface area contributed by atoms with Gasteiger partial charge in [-0.3, -0.25) is 9.59 Å². The molecule has 0 atom stereocenters. The molecule has 0 saturated carbocycles. The summed E-state index contributed by atoms with van der Waals surface area (Å²) in [4.78, 5) is 39.0. The number of carbonyl (C=O) groups excluding carboxylic acids is 3. The fraction of sp³-hybridized carbons (Fsp3) is 0.261. The number of unbranched alkanes of at least 4 members (excludes halogenated alkanes) is 1. The molecule has 0 radical (unpaired) electrons. The monoisotopic (exact) mass is 411 g/mol. The Morgan fingerprint density at radius 3 is 2.48 bits per heavy atom. The lowest BCUT2D eigenvalue weighted by Gasteiger charge is -2.16. The van der Waals surface area contributed by atoms with Crippen LogP contribution in [0.15, 0.2) is 47.5 Å². The van der Waals surface area contributed by atoms with Gasteiger partial charge in [0.2, 0.25) is 0 Å². The first kappa shape index (κ1) is 20.8. The molecule has 0 saturated heterocycles. The van der Waals surface area contributed by atoms with Crippen LogP contribution in [-0.4, -0.2) is 24.4 Å². The predicted octanol–water partition coefficient (Wildman–Crippen LogP) is 4.78. The van der Waals surface area contributed by atoms with Gasteiger partial charge in [-0.05, 0) is 55.2 Å². The van der Waals surface area contributed by atoms with Crippen molar-refractivity contribution in [3.63, 3.8) is 0 Å². The summed E-state index contributed by atoms with van der Waals surface area (Å²) in [6.45, 7) is 6.22. The average Bonchev–Trinajstić information content (AvgIpc) is 2.93. The Morgan fingerprint density at radius 1 is 1.03 bits per heavy atom. The second-order valence-corrected chi connectivity index (χ2v) is 7.35. The molecule has 3 rings (SSSR count). The molecule has 0 bridgehead atoms. The van der Waals surface area contributed by atoms with Crippen LogP contribution < -0.4 is 4.90 Å². The minimum absolute atomic E-state index is 0.130. The molecule has 5 nitrogen and oxygen atoms in total. The van der Waals surface area contributed by atoms with E-state index in [0.717, 1.165) is 28.9 Å². The van der Waals surface area contributed by atoms with Gasteiger partial charge in [-0.1, -0.05) is 49.2 Å². The third-order valence-corrected chi connectivity index (χ3v) is 5.24. The Morgan fingerprint density at radius 2 is 1.79 bits per heavy atom. The molecular weight excluding hydrogens is 390 g/mol. The molecule has 1 aliphatic rings. The number of anilines is 1. The van der Waals surface area contributed by atoms with Gasteiger partial charge in [-0.2, -0.15) is 0 Å². The SMILES string of the molecule is CCCCOC(=O)c1cccc(N2C(=O)C(Cl)=C(c3ccc(C)c(C)c3)C2=O)c1. The van der Waals surface area contributed by atoms with Gasteiger partial charge < -0.3 is 4.74 Å². The Bertz CT molecular complexity index is 1030. The summed E-state index contributed by atoms with van der Waals surface area (Å²) in [6.07, 6.45) is 1.68. The van der Waals surface area contributed by atoms with Crippen LogP contribution >= 0.6 is 11.6 Å². The van der Waals surface area contributed by atoms with E-state index < -0.39 is 17.8 Å². The number of aryl methyl sites for hydroxylation is 2. The van der Waals surface area contributed by atoms with E-state index in [0.29, 0.717) is 12.2 Å². The molecule has 0 unspecified atom stereocenters. The van der Waals surface area contributed by atoms with Crippen molar-refractivity contribution in [2.24, 2.45) is 0 Å². The van der Waals surface area contributed by atoms with Gasteiger partial charge in [0.05, 0.1) is 23.4 Å². The molecule has 0 aliphatic carbocycles. The summed E-state index contributed by atoms with van der Waals surface area (Å²) in [5.41, 5.74) is 3.38. The molecular formula is C23H22ClNO4. The van der Waals surface area contributed by atoms with Crippen LogP contribution in [0.4, 0.5) is 5.69 Å². The van der Waals surface area contributed by atoms with Crippen LogP contribution in [-0.2, 0) is 14.3 Å². The van der Waals surface area contributed by atoms with Crippen molar-refractivity contribution in [2.75, 3.05) is 11.5 Å². The summed E-state index contributed by atoms with van der Waals surface area (Å²) in [6, 6.07) is 11.7. The number of carbonyl (C=O) groups is 3. The number of benzene rings is 2. The summed E-state index contributed by atoms with van der Waals surface area (Å²) in [5.74, 6) is -1.62. The highest BCUT2D eigenvalue weighted by Gasteiger charge is 2.39. The van der Waals surface area contributed by atoms with Crippen LogP contribution in [0.1, 0.15) is 46.8 Å². The zero-order valence-corrected chi connectivity index (χ0v) is 17.4. The highest BCUT2D eigenvalue weighted by Crippen LogP contribution is 2.35. The molecule has 0 N–H and O–H groups in total. The Kier molecular flexibility index (Phi) is 6.18. The molecule has 1 heterocycles. The summed E-state index contributed by atoms with van der Waals surface area (Å²) < 4.78 is 5.21. The number of amides is 2. The topological polar surface area (TPSA) is 63.7 Å². The number of nitrogens with zero attached hydrogens (tertiary/aromatic N) is 1. The Balaban J connectivity index is 1.90. The van der Waals surface area contributed by atoms with E-state index in [1.807, 2.05) is 32.9 Å². The van der Waals surface area contributed by atoms with Gasteiger partial charge in [-0.15, -0.1) is 0 Å². The van der Waals surface area contributed by atoms with Gasteiger partial charge in [0, 0.05) is 0 Å². The first-order valence-electron chi connectivity index (χ1n) is 9.48. The molecule has 6 heteroatoms. The fourth-order valence-electron chi connectivity index (χ4n) is 3.05. The third-order valence-electron chi connectivity index (χ3n) is 4.89. The average molecular weight is 412 g/mol. The van der Waals surface area contributed by atoms with Crippen molar-refractivity contribution in [3.05, 3.63) is 69.8 Å². The number of halogens is 1. The molecule has 29 heavy (non-hydrogen) atoms. The number of imide groups is 1. The Labute approximate surface area is 174 Å². The molecule has 0 fully saturated rings. The lowest BCUT2D eigenvalue weighted by molar-refractivity contribution is -0.119. The number of esters is 1. The van der Waals surface area contributed by atoms with E-state index in [-0.39, 0.29) is 21.9 Å². The van der Waals surface area contributed by atoms with Gasteiger partial charge in [-0.25, -0.2) is 9.69 Å². The van der Waals surface area contributed by atoms with Crippen molar-refractivity contribution >= 4 is 40.6 Å². The lowest BCUT2D eigenvalue weighted by atomic mass is 10.0. The van der Waals surface area contributed by atoms with E-state index in [4.69, 9.17) is 16.3 Å². The summed E-state index contributed by atoms with van der Waals surface area (Å²) >= 11 is 6.26. The second-order valence-electron chi connectivity index (χ2n) is 6.97. The fourth-order valence-corrected chi connectivity index (χ4v) is 3.32. The van der Waals surface area contributed by atoms with Crippen molar-refractivity contribution in [3.8, 4) is 0 Å². The second kappa shape index (κ2) is 8.62. The van der Waals surface area contributed by atoms with Crippen LogP contribution in [0, 0.1) is 13.8 Å². The summed E-state index contributed by atoms with van der Waals surface area (Å²) in [5, 5.41) is -0.130. The maximum atomic E-state index is 13.1. The summed E-state index contributed by atoms with van der Waals surface area (Å²) in [7, 11) is 0. The zero-order chi connectivity index (χ0) is 21.1. The van der Waals surface area contributed by atoms with Crippen LogP contribution in [0.3, 0.4) is 0 Å². The third kappa shape index (κ3) is 4.10. The van der Waals surface area contributed by atoms with Gasteiger partial charge >= 0.3 is 5.97 Å². The molecule has 0 aromatic heterocycles. The van der Waals surface area contributed by atoms with Gasteiger partial charge in [0.25, 0.3) is 11.8 Å². The van der Waals surface area contributed by atoms with Crippen molar-refractivity contribution in [1.82, 2.24) is 0 Å². The van der Waals surface area contributed by atoms with Crippen LogP contribution in [0.5, 0.6) is 0 Å². The van der Waals surface area contributed by atoms with Crippen molar-refractivity contribution in [1.29, 1.82) is 0 Å². The normalized spacial score (nSPS) is 14.0. The largest absolute Gasteiger partial charge is 0.462 e. The maximum Gasteiger partial charge on any atom is 0.338 e. The predicted molar refractivity (Wildman–Crippen MR) is 113 cm³/mol. The minimum Gasteiger partial charge on any atom is -0.462 e. The molecule has 2 aromatic carbocycles. The minimum atomic E-state index is -0.610. The number of ether oxygens (including phenoxy) is 1.